The van der Waals surface area contributed by atoms with Crippen LogP contribution in [0.5, 0.6) is 5.75 Å². The van der Waals surface area contributed by atoms with E-state index < -0.39 is 0 Å². The maximum absolute atomic E-state index is 12.5. The predicted octanol–water partition coefficient (Wildman–Crippen LogP) is 2.86. The van der Waals surface area contributed by atoms with E-state index in [-0.39, 0.29) is 23.8 Å². The SMILES string of the molecule is COc1ccc(-c2cc3c(s2)CCOC32CCN(C(=O)CCCC(N)=O)CC2)nc1. The average Bonchev–Trinajstić information content (AvgIpc) is 3.20. The van der Waals surface area contributed by atoms with Gasteiger partial charge in [-0.25, -0.2) is 0 Å². The van der Waals surface area contributed by atoms with Gasteiger partial charge in [-0.05, 0) is 43.0 Å². The third-order valence-electron chi connectivity index (χ3n) is 5.97. The molecule has 8 heteroatoms. The fourth-order valence-corrected chi connectivity index (χ4v) is 5.50. The summed E-state index contributed by atoms with van der Waals surface area (Å²) in [5, 5.41) is 0. The van der Waals surface area contributed by atoms with Crippen molar-refractivity contribution in [1.29, 1.82) is 0 Å². The minimum absolute atomic E-state index is 0.0931. The number of thiophene rings is 1. The Bertz CT molecular complexity index is 917. The molecule has 2 amide bonds. The molecule has 4 heterocycles. The van der Waals surface area contributed by atoms with E-state index in [4.69, 9.17) is 15.2 Å². The molecule has 0 atom stereocenters. The van der Waals surface area contributed by atoms with E-state index in [1.807, 2.05) is 17.0 Å². The molecule has 0 bridgehead atoms. The second-order valence-corrected chi connectivity index (χ2v) is 8.96. The standard InChI is InChI=1S/C22H27N3O4S/c1-28-15-5-6-17(24-14-15)19-13-16-18(30-19)7-12-29-22(16)8-10-25(11-9-22)21(27)4-2-3-20(23)26/h5-6,13-14H,2-4,7-12H2,1H3,(H2,23,26). The summed E-state index contributed by atoms with van der Waals surface area (Å²) >= 11 is 1.78. The minimum atomic E-state index is -0.358. The second-order valence-electron chi connectivity index (χ2n) is 7.82. The summed E-state index contributed by atoms with van der Waals surface area (Å²) in [7, 11) is 1.64. The van der Waals surface area contributed by atoms with Gasteiger partial charge in [-0.3, -0.25) is 14.6 Å². The summed E-state index contributed by atoms with van der Waals surface area (Å²) in [6.45, 7) is 2.04. The highest BCUT2D eigenvalue weighted by Crippen LogP contribution is 2.46. The number of carbonyl (C=O) groups excluding carboxylic acids is 2. The molecule has 1 spiro atoms. The lowest BCUT2D eigenvalue weighted by Crippen LogP contribution is -2.48. The number of carbonyl (C=O) groups is 2. The number of hydrogen-bond acceptors (Lipinski definition) is 6. The fourth-order valence-electron chi connectivity index (χ4n) is 4.29. The number of likely N-dealkylation sites (tertiary alicyclic amines) is 1. The van der Waals surface area contributed by atoms with Crippen LogP contribution in [0.4, 0.5) is 0 Å². The van der Waals surface area contributed by atoms with E-state index in [1.54, 1.807) is 24.6 Å². The minimum Gasteiger partial charge on any atom is -0.495 e. The normalized spacial score (nSPS) is 17.6. The van der Waals surface area contributed by atoms with Crippen LogP contribution in [-0.4, -0.2) is 48.5 Å². The van der Waals surface area contributed by atoms with Crippen LogP contribution in [0.3, 0.4) is 0 Å². The quantitative estimate of drug-likeness (QED) is 0.762. The van der Waals surface area contributed by atoms with Crippen molar-refractivity contribution >= 4 is 23.2 Å². The van der Waals surface area contributed by atoms with Gasteiger partial charge >= 0.3 is 0 Å². The number of piperidine rings is 1. The molecule has 0 aliphatic carbocycles. The van der Waals surface area contributed by atoms with Gasteiger partial charge < -0.3 is 20.1 Å². The Labute approximate surface area is 180 Å². The summed E-state index contributed by atoms with van der Waals surface area (Å²) < 4.78 is 11.5. The number of pyridine rings is 1. The van der Waals surface area contributed by atoms with Gasteiger partial charge in [-0.1, -0.05) is 0 Å². The van der Waals surface area contributed by atoms with Gasteiger partial charge in [0.15, 0.2) is 0 Å². The van der Waals surface area contributed by atoms with Gasteiger partial charge in [-0.2, -0.15) is 0 Å². The molecule has 2 aliphatic rings. The van der Waals surface area contributed by atoms with Gasteiger partial charge in [0, 0.05) is 37.2 Å². The molecular formula is C22H27N3O4S. The first kappa shape index (κ1) is 20.8. The van der Waals surface area contributed by atoms with Crippen molar-refractivity contribution in [2.45, 2.75) is 44.1 Å². The number of methoxy groups -OCH3 is 1. The highest BCUT2D eigenvalue weighted by molar-refractivity contribution is 7.15. The number of aromatic nitrogens is 1. The van der Waals surface area contributed by atoms with E-state index in [2.05, 4.69) is 11.1 Å². The molecule has 4 rings (SSSR count). The number of rotatable bonds is 6. The first-order valence-corrected chi connectivity index (χ1v) is 11.2. The van der Waals surface area contributed by atoms with Gasteiger partial charge in [0.1, 0.15) is 5.75 Å². The number of amides is 2. The number of ether oxygens (including phenoxy) is 2. The molecule has 0 aromatic carbocycles. The first-order valence-electron chi connectivity index (χ1n) is 10.3. The Hall–Kier alpha value is -2.45. The lowest BCUT2D eigenvalue weighted by molar-refractivity contribution is -0.140. The molecule has 7 nitrogen and oxygen atoms in total. The molecular weight excluding hydrogens is 402 g/mol. The lowest BCUT2D eigenvalue weighted by Gasteiger charge is -2.44. The second kappa shape index (κ2) is 8.73. The number of nitrogens with two attached hydrogens (primary N) is 1. The molecule has 0 unspecified atom stereocenters. The van der Waals surface area contributed by atoms with Crippen molar-refractivity contribution in [3.05, 3.63) is 34.8 Å². The van der Waals surface area contributed by atoms with Crippen molar-refractivity contribution in [3.8, 4) is 16.3 Å². The number of primary amides is 1. The van der Waals surface area contributed by atoms with Gasteiger partial charge in [-0.15, -0.1) is 11.3 Å². The Morgan fingerprint density at radius 2 is 2.10 bits per heavy atom. The summed E-state index contributed by atoms with van der Waals surface area (Å²) in [6.07, 6.45) is 5.36. The summed E-state index contributed by atoms with van der Waals surface area (Å²) in [6, 6.07) is 6.13. The van der Waals surface area contributed by atoms with Crippen LogP contribution in [0.25, 0.3) is 10.6 Å². The topological polar surface area (TPSA) is 94.8 Å². The fraction of sp³-hybridized carbons (Fsp3) is 0.500. The zero-order chi connectivity index (χ0) is 21.1. The van der Waals surface area contributed by atoms with E-state index in [0.717, 1.165) is 35.6 Å². The van der Waals surface area contributed by atoms with Crippen LogP contribution in [0.2, 0.25) is 0 Å². The number of hydrogen-bond donors (Lipinski definition) is 1. The Morgan fingerprint density at radius 3 is 2.77 bits per heavy atom. The van der Waals surface area contributed by atoms with Crippen molar-refractivity contribution in [1.82, 2.24) is 9.88 Å². The molecule has 160 valence electrons. The molecule has 30 heavy (non-hydrogen) atoms. The molecule has 2 aromatic rings. The Morgan fingerprint density at radius 1 is 1.30 bits per heavy atom. The molecule has 0 saturated carbocycles. The van der Waals surface area contributed by atoms with Crippen LogP contribution < -0.4 is 10.5 Å². The van der Waals surface area contributed by atoms with Crippen LogP contribution in [0.15, 0.2) is 24.4 Å². The van der Waals surface area contributed by atoms with Crippen molar-refractivity contribution in [3.63, 3.8) is 0 Å². The molecule has 0 radical (unpaired) electrons. The van der Waals surface area contributed by atoms with E-state index in [9.17, 15) is 9.59 Å². The van der Waals surface area contributed by atoms with Crippen LogP contribution in [0, 0.1) is 0 Å². The zero-order valence-corrected chi connectivity index (χ0v) is 18.0. The zero-order valence-electron chi connectivity index (χ0n) is 17.2. The Balaban J connectivity index is 1.46. The van der Waals surface area contributed by atoms with Crippen LogP contribution in [0.1, 0.15) is 42.5 Å². The first-order chi connectivity index (χ1) is 14.5. The van der Waals surface area contributed by atoms with Gasteiger partial charge in [0.05, 0.1) is 36.1 Å². The Kier molecular flexibility index (Phi) is 6.06. The van der Waals surface area contributed by atoms with Crippen molar-refractivity contribution in [2.75, 3.05) is 26.8 Å². The largest absolute Gasteiger partial charge is 0.495 e. The average molecular weight is 430 g/mol. The highest BCUT2D eigenvalue weighted by atomic mass is 32.1. The molecule has 1 fully saturated rings. The third kappa shape index (κ3) is 4.20. The smallest absolute Gasteiger partial charge is 0.222 e. The maximum Gasteiger partial charge on any atom is 0.222 e. The number of fused-ring (bicyclic) bond motifs is 2. The third-order valence-corrected chi connectivity index (χ3v) is 7.19. The number of nitrogens with zero attached hydrogens (tertiary/aromatic N) is 2. The summed E-state index contributed by atoms with van der Waals surface area (Å²) in [5.41, 5.74) is 7.04. The lowest BCUT2D eigenvalue weighted by atomic mass is 9.82. The molecule has 2 aliphatic heterocycles. The highest BCUT2D eigenvalue weighted by Gasteiger charge is 2.42. The van der Waals surface area contributed by atoms with Crippen LogP contribution in [-0.2, 0) is 26.3 Å². The van der Waals surface area contributed by atoms with Gasteiger partial charge in [0.25, 0.3) is 0 Å². The molecule has 2 aromatic heterocycles. The predicted molar refractivity (Wildman–Crippen MR) is 114 cm³/mol. The molecule has 2 N–H and O–H groups in total. The van der Waals surface area contributed by atoms with Gasteiger partial charge in [0.2, 0.25) is 11.8 Å². The van der Waals surface area contributed by atoms with E-state index in [1.165, 1.54) is 10.4 Å². The van der Waals surface area contributed by atoms with E-state index >= 15 is 0 Å². The molecule has 1 saturated heterocycles. The summed E-state index contributed by atoms with van der Waals surface area (Å²) in [5.74, 6) is 0.478. The van der Waals surface area contributed by atoms with Crippen LogP contribution >= 0.6 is 11.3 Å². The van der Waals surface area contributed by atoms with Crippen molar-refractivity contribution in [2.24, 2.45) is 5.73 Å². The maximum atomic E-state index is 12.5. The summed E-state index contributed by atoms with van der Waals surface area (Å²) in [4.78, 5) is 32.3. The monoisotopic (exact) mass is 429 g/mol. The van der Waals surface area contributed by atoms with Crippen molar-refractivity contribution < 1.29 is 19.1 Å². The van der Waals surface area contributed by atoms with E-state index in [0.29, 0.717) is 32.5 Å².